The van der Waals surface area contributed by atoms with Crippen LogP contribution in [0.4, 0.5) is 0 Å². The van der Waals surface area contributed by atoms with E-state index < -0.39 is 10.0 Å². The quantitative estimate of drug-likeness (QED) is 0.603. The van der Waals surface area contributed by atoms with Crippen LogP contribution in [0, 0.1) is 12.3 Å². The maximum Gasteiger partial charge on any atom is 0.215 e. The average Bonchev–Trinajstić information content (AvgIpc) is 2.10. The molecule has 0 aliphatic carbocycles. The first-order chi connectivity index (χ1) is 6.08. The van der Waals surface area contributed by atoms with E-state index in [9.17, 15) is 8.42 Å². The number of sulfonamides is 1. The number of terminal acetylenes is 1. The fourth-order valence-electron chi connectivity index (χ4n) is 0.885. The molecule has 0 radical (unpaired) electrons. The molecule has 0 aromatic heterocycles. The number of nitrogens with zero attached hydrogens (tertiary/aromatic N) is 1. The molecule has 0 atom stereocenters. The van der Waals surface area contributed by atoms with E-state index in [0.29, 0.717) is 6.54 Å². The topological polar surface area (TPSA) is 57.6 Å². The predicted molar refractivity (Wildman–Crippen MR) is 51.6 cm³/mol. The molecule has 0 aliphatic heterocycles. The maximum atomic E-state index is 11.4. The van der Waals surface area contributed by atoms with E-state index in [0.717, 1.165) is 0 Å². The van der Waals surface area contributed by atoms with Crippen LogP contribution in [0.3, 0.4) is 0 Å². The summed E-state index contributed by atoms with van der Waals surface area (Å²) in [6, 6.07) is 0. The largest absolute Gasteiger partial charge is 0.396 e. The first kappa shape index (κ1) is 12.4. The molecule has 13 heavy (non-hydrogen) atoms. The molecule has 5 heteroatoms. The molecule has 0 rings (SSSR count). The van der Waals surface area contributed by atoms with E-state index in [-0.39, 0.29) is 25.3 Å². The molecular formula is C8H15NO3S. The number of hydrogen-bond acceptors (Lipinski definition) is 3. The first-order valence-electron chi connectivity index (χ1n) is 4.10. The van der Waals surface area contributed by atoms with Crippen LogP contribution in [0.15, 0.2) is 0 Å². The van der Waals surface area contributed by atoms with Gasteiger partial charge in [0.15, 0.2) is 0 Å². The van der Waals surface area contributed by atoms with Crippen molar-refractivity contribution in [3.63, 3.8) is 0 Å². The average molecular weight is 205 g/mol. The summed E-state index contributed by atoms with van der Waals surface area (Å²) in [5.41, 5.74) is 0. The zero-order valence-electron chi connectivity index (χ0n) is 7.73. The predicted octanol–water partition coefficient (Wildman–Crippen LogP) is -0.346. The Kier molecular flexibility index (Phi) is 5.71. The Balaban J connectivity index is 4.32. The third-order valence-corrected chi connectivity index (χ3v) is 3.55. The summed E-state index contributed by atoms with van der Waals surface area (Å²) in [4.78, 5) is 0. The Morgan fingerprint density at radius 3 is 2.54 bits per heavy atom. The van der Waals surface area contributed by atoms with Crippen LogP contribution in [-0.4, -0.2) is 43.3 Å². The van der Waals surface area contributed by atoms with Crippen molar-refractivity contribution >= 4 is 10.0 Å². The van der Waals surface area contributed by atoms with Gasteiger partial charge in [0.25, 0.3) is 0 Å². The van der Waals surface area contributed by atoms with Gasteiger partial charge < -0.3 is 5.11 Å². The van der Waals surface area contributed by atoms with Crippen LogP contribution in [0.5, 0.6) is 0 Å². The third-order valence-electron chi connectivity index (χ3n) is 1.57. The minimum Gasteiger partial charge on any atom is -0.396 e. The summed E-state index contributed by atoms with van der Waals surface area (Å²) in [6.07, 6.45) is 5.28. The van der Waals surface area contributed by atoms with Gasteiger partial charge in [-0.15, -0.1) is 6.42 Å². The highest BCUT2D eigenvalue weighted by atomic mass is 32.2. The first-order valence-corrected chi connectivity index (χ1v) is 5.71. The van der Waals surface area contributed by atoms with Crippen LogP contribution >= 0.6 is 0 Å². The molecule has 0 aromatic rings. The van der Waals surface area contributed by atoms with Crippen molar-refractivity contribution in [2.75, 3.05) is 25.4 Å². The molecule has 0 spiro atoms. The second-order valence-electron chi connectivity index (χ2n) is 2.52. The van der Waals surface area contributed by atoms with E-state index in [2.05, 4.69) is 5.92 Å². The van der Waals surface area contributed by atoms with E-state index in [1.165, 1.54) is 4.31 Å². The van der Waals surface area contributed by atoms with Crippen molar-refractivity contribution in [1.82, 2.24) is 4.31 Å². The molecule has 0 amide bonds. The lowest BCUT2D eigenvalue weighted by Crippen LogP contribution is -2.33. The van der Waals surface area contributed by atoms with Crippen molar-refractivity contribution in [3.05, 3.63) is 0 Å². The molecule has 0 aromatic carbocycles. The molecule has 0 saturated heterocycles. The fraction of sp³-hybridized carbons (Fsp3) is 0.750. The second kappa shape index (κ2) is 5.97. The van der Waals surface area contributed by atoms with E-state index in [1.54, 1.807) is 6.92 Å². The lowest BCUT2D eigenvalue weighted by molar-refractivity contribution is 0.294. The van der Waals surface area contributed by atoms with Gasteiger partial charge >= 0.3 is 0 Å². The van der Waals surface area contributed by atoms with Crippen LogP contribution in [0.2, 0.25) is 0 Å². The van der Waals surface area contributed by atoms with E-state index in [1.807, 2.05) is 0 Å². The number of hydrogen-bond donors (Lipinski definition) is 1. The lowest BCUT2D eigenvalue weighted by atomic mass is 10.5. The number of aliphatic hydroxyl groups is 1. The summed E-state index contributed by atoms with van der Waals surface area (Å²) >= 11 is 0. The van der Waals surface area contributed by atoms with Crippen molar-refractivity contribution in [1.29, 1.82) is 0 Å². The molecule has 0 fully saturated rings. The van der Waals surface area contributed by atoms with Crippen LogP contribution in [0.1, 0.15) is 13.3 Å². The lowest BCUT2D eigenvalue weighted by Gasteiger charge is -2.17. The number of rotatable bonds is 6. The summed E-state index contributed by atoms with van der Waals surface area (Å²) in [5.74, 6) is 2.24. The highest BCUT2D eigenvalue weighted by molar-refractivity contribution is 7.89. The molecule has 0 bridgehead atoms. The molecule has 4 nitrogen and oxygen atoms in total. The Bertz CT molecular complexity index is 266. The summed E-state index contributed by atoms with van der Waals surface area (Å²) in [7, 11) is -3.27. The summed E-state index contributed by atoms with van der Waals surface area (Å²) in [6.45, 7) is 2.09. The molecule has 76 valence electrons. The van der Waals surface area contributed by atoms with Crippen LogP contribution < -0.4 is 0 Å². The second-order valence-corrected chi connectivity index (χ2v) is 4.61. The minimum atomic E-state index is -3.27. The van der Waals surface area contributed by atoms with E-state index in [4.69, 9.17) is 11.5 Å². The zero-order chi connectivity index (χ0) is 10.3. The van der Waals surface area contributed by atoms with Gasteiger partial charge in [-0.05, 0) is 6.42 Å². The van der Waals surface area contributed by atoms with Crippen molar-refractivity contribution in [2.45, 2.75) is 13.3 Å². The molecular weight excluding hydrogens is 190 g/mol. The minimum absolute atomic E-state index is 0.0426. The smallest absolute Gasteiger partial charge is 0.215 e. The van der Waals surface area contributed by atoms with Gasteiger partial charge in [-0.2, -0.15) is 4.31 Å². The Morgan fingerprint density at radius 2 is 2.15 bits per heavy atom. The summed E-state index contributed by atoms with van der Waals surface area (Å²) < 4.78 is 24.1. The molecule has 0 unspecified atom stereocenters. The van der Waals surface area contributed by atoms with Gasteiger partial charge in [0, 0.05) is 13.2 Å². The Morgan fingerprint density at radius 1 is 1.54 bits per heavy atom. The van der Waals surface area contributed by atoms with Crippen LogP contribution in [-0.2, 0) is 10.0 Å². The zero-order valence-corrected chi connectivity index (χ0v) is 8.55. The van der Waals surface area contributed by atoms with Gasteiger partial charge in [0.2, 0.25) is 10.0 Å². The molecule has 0 heterocycles. The van der Waals surface area contributed by atoms with Crippen molar-refractivity contribution < 1.29 is 13.5 Å². The van der Waals surface area contributed by atoms with Crippen molar-refractivity contribution in [2.24, 2.45) is 0 Å². The normalized spacial score (nSPS) is 11.5. The Hall–Kier alpha value is -0.570. The SMILES string of the molecule is C#CCN(CC)S(=O)(=O)CCCO. The summed E-state index contributed by atoms with van der Waals surface area (Å²) in [5, 5.41) is 8.49. The fourth-order valence-corrected chi connectivity index (χ4v) is 2.30. The van der Waals surface area contributed by atoms with Gasteiger partial charge in [-0.25, -0.2) is 8.42 Å². The van der Waals surface area contributed by atoms with E-state index >= 15 is 0 Å². The standard InChI is InChI=1S/C8H15NO3S/c1-3-6-9(4-2)13(11,12)8-5-7-10/h1,10H,4-8H2,2H3. The highest BCUT2D eigenvalue weighted by Crippen LogP contribution is 2.01. The monoisotopic (exact) mass is 205 g/mol. The Labute approximate surface area is 79.6 Å². The third kappa shape index (κ3) is 4.27. The van der Waals surface area contributed by atoms with Gasteiger partial charge in [-0.3, -0.25) is 0 Å². The molecule has 1 N–H and O–H groups in total. The maximum absolute atomic E-state index is 11.4. The van der Waals surface area contributed by atoms with Crippen molar-refractivity contribution in [3.8, 4) is 12.3 Å². The van der Waals surface area contributed by atoms with Gasteiger partial charge in [-0.1, -0.05) is 12.8 Å². The van der Waals surface area contributed by atoms with Gasteiger partial charge in [0.05, 0.1) is 12.3 Å². The molecule has 0 aliphatic rings. The van der Waals surface area contributed by atoms with Gasteiger partial charge in [0.1, 0.15) is 0 Å². The molecule has 0 saturated carbocycles. The highest BCUT2D eigenvalue weighted by Gasteiger charge is 2.18. The number of aliphatic hydroxyl groups excluding tert-OH is 1. The van der Waals surface area contributed by atoms with Crippen LogP contribution in [0.25, 0.3) is 0 Å².